The maximum atomic E-state index is 15.3. The summed E-state index contributed by atoms with van der Waals surface area (Å²) in [6.07, 6.45) is 2.37. The molecule has 1 unspecified atom stereocenters. The fraction of sp³-hybridized carbons (Fsp3) is 0.259. The lowest BCUT2D eigenvalue weighted by Gasteiger charge is -2.15. The zero-order valence-electron chi connectivity index (χ0n) is 19.9. The summed E-state index contributed by atoms with van der Waals surface area (Å²) in [6, 6.07) is 11.4. The first-order valence-electron chi connectivity index (χ1n) is 11.3. The molecule has 2 aromatic carbocycles. The normalized spacial score (nSPS) is 12.0. The van der Waals surface area contributed by atoms with Gasteiger partial charge in [0.2, 0.25) is 0 Å². The highest BCUT2D eigenvalue weighted by atomic mass is 19.1. The molecule has 0 saturated carbocycles. The number of ether oxygens (including phenoxy) is 3. The second-order valence-corrected chi connectivity index (χ2v) is 8.21. The van der Waals surface area contributed by atoms with Crippen molar-refractivity contribution in [3.63, 3.8) is 0 Å². The molecule has 0 aliphatic carbocycles. The van der Waals surface area contributed by atoms with Gasteiger partial charge in [-0.3, -0.25) is 9.78 Å². The number of aromatic nitrogens is 1. The Kier molecular flexibility index (Phi) is 7.92. The molecule has 4 aromatic rings. The van der Waals surface area contributed by atoms with Gasteiger partial charge in [-0.15, -0.1) is 0 Å². The standard InChI is InChI=1S/C27H26F2N2O5/c1-16(14-33-2)36-24(32)12-17-5-3-4-6-23(17)35-15-18-11-21(27-20(25(18)28)8-10-34-27)19-7-9-31-22(13-30)26(19)29/h3-11,16H,12-15,30H2,1-2H3. The number of methoxy groups -OCH3 is 1. The third kappa shape index (κ3) is 5.37. The van der Waals surface area contributed by atoms with Crippen LogP contribution in [0, 0.1) is 11.6 Å². The Morgan fingerprint density at radius 3 is 2.69 bits per heavy atom. The number of halogens is 2. The maximum Gasteiger partial charge on any atom is 0.310 e. The number of fused-ring (bicyclic) bond motifs is 1. The van der Waals surface area contributed by atoms with Gasteiger partial charge < -0.3 is 24.4 Å². The highest BCUT2D eigenvalue weighted by Gasteiger charge is 2.21. The first kappa shape index (κ1) is 25.3. The van der Waals surface area contributed by atoms with E-state index in [1.165, 1.54) is 37.8 Å². The molecule has 2 N–H and O–H groups in total. The Balaban J connectivity index is 1.62. The molecule has 0 amide bonds. The number of nitrogens with two attached hydrogens (primary N) is 1. The van der Waals surface area contributed by atoms with Gasteiger partial charge in [0.05, 0.1) is 30.4 Å². The van der Waals surface area contributed by atoms with Crippen LogP contribution in [-0.2, 0) is 33.8 Å². The number of rotatable bonds is 10. The van der Waals surface area contributed by atoms with E-state index in [-0.39, 0.29) is 54.0 Å². The van der Waals surface area contributed by atoms with Crippen molar-refractivity contribution < 1.29 is 32.2 Å². The lowest BCUT2D eigenvalue weighted by molar-refractivity contribution is -0.149. The van der Waals surface area contributed by atoms with Crippen LogP contribution in [0.3, 0.4) is 0 Å². The third-order valence-electron chi connectivity index (χ3n) is 5.62. The zero-order valence-corrected chi connectivity index (χ0v) is 19.9. The summed E-state index contributed by atoms with van der Waals surface area (Å²) in [4.78, 5) is 16.3. The minimum absolute atomic E-state index is 0.0250. The molecule has 7 nitrogen and oxygen atoms in total. The van der Waals surface area contributed by atoms with Crippen molar-refractivity contribution >= 4 is 16.9 Å². The summed E-state index contributed by atoms with van der Waals surface area (Å²) < 4.78 is 52.1. The third-order valence-corrected chi connectivity index (χ3v) is 5.62. The number of nitrogens with zero attached hydrogens (tertiary/aromatic N) is 1. The molecule has 0 aliphatic heterocycles. The van der Waals surface area contributed by atoms with E-state index in [1.54, 1.807) is 31.2 Å². The van der Waals surface area contributed by atoms with Gasteiger partial charge in [0.25, 0.3) is 0 Å². The number of hydrogen-bond donors (Lipinski definition) is 1. The smallest absolute Gasteiger partial charge is 0.310 e. The topological polar surface area (TPSA) is 96.8 Å². The lowest BCUT2D eigenvalue weighted by atomic mass is 9.99. The molecule has 0 radical (unpaired) electrons. The van der Waals surface area contributed by atoms with E-state index in [0.717, 1.165) is 0 Å². The SMILES string of the molecule is COCC(C)OC(=O)Cc1ccccc1OCc1cc(-c2ccnc(CN)c2F)c2occc2c1F. The van der Waals surface area contributed by atoms with E-state index in [0.29, 0.717) is 16.9 Å². The van der Waals surface area contributed by atoms with Crippen molar-refractivity contribution in [3.8, 4) is 16.9 Å². The number of carbonyl (C=O) groups is 1. The molecule has 0 bridgehead atoms. The summed E-state index contributed by atoms with van der Waals surface area (Å²) in [5.74, 6) is -1.17. The second kappa shape index (κ2) is 11.3. The number of benzene rings is 2. The monoisotopic (exact) mass is 496 g/mol. The van der Waals surface area contributed by atoms with Crippen LogP contribution < -0.4 is 10.5 Å². The fourth-order valence-corrected chi connectivity index (χ4v) is 3.95. The van der Waals surface area contributed by atoms with Gasteiger partial charge in [-0.25, -0.2) is 8.78 Å². The molecule has 9 heteroatoms. The highest BCUT2D eigenvalue weighted by Crippen LogP contribution is 2.35. The molecule has 0 saturated heterocycles. The number of esters is 1. The average Bonchev–Trinajstić information content (AvgIpc) is 3.35. The highest BCUT2D eigenvalue weighted by molar-refractivity contribution is 5.93. The summed E-state index contributed by atoms with van der Waals surface area (Å²) in [7, 11) is 1.53. The fourth-order valence-electron chi connectivity index (χ4n) is 3.95. The van der Waals surface area contributed by atoms with Gasteiger partial charge in [0.1, 0.15) is 29.9 Å². The summed E-state index contributed by atoms with van der Waals surface area (Å²) in [6.45, 7) is 1.77. The van der Waals surface area contributed by atoms with E-state index in [1.807, 2.05) is 0 Å². The van der Waals surface area contributed by atoms with E-state index < -0.39 is 23.7 Å². The van der Waals surface area contributed by atoms with Gasteiger partial charge in [-0.2, -0.15) is 0 Å². The van der Waals surface area contributed by atoms with Crippen LogP contribution in [0.25, 0.3) is 22.1 Å². The Labute approximate surface area is 206 Å². The van der Waals surface area contributed by atoms with Crippen LogP contribution in [0.15, 0.2) is 59.3 Å². The molecular weight excluding hydrogens is 470 g/mol. The maximum absolute atomic E-state index is 15.3. The van der Waals surface area contributed by atoms with Crippen LogP contribution in [0.5, 0.6) is 5.75 Å². The minimum Gasteiger partial charge on any atom is -0.488 e. The Hall–Kier alpha value is -3.82. The first-order valence-corrected chi connectivity index (χ1v) is 11.3. The summed E-state index contributed by atoms with van der Waals surface area (Å²) in [5.41, 5.74) is 7.23. The Morgan fingerprint density at radius 1 is 1.11 bits per heavy atom. The van der Waals surface area contributed by atoms with Crippen molar-refractivity contribution in [1.82, 2.24) is 4.98 Å². The van der Waals surface area contributed by atoms with Crippen LogP contribution in [0.2, 0.25) is 0 Å². The number of hydrogen-bond acceptors (Lipinski definition) is 7. The first-order chi connectivity index (χ1) is 17.4. The summed E-state index contributed by atoms with van der Waals surface area (Å²) in [5, 5.41) is 0.195. The predicted molar refractivity (Wildman–Crippen MR) is 129 cm³/mol. The van der Waals surface area contributed by atoms with Crippen LogP contribution in [0.1, 0.15) is 23.7 Å². The molecule has 2 aromatic heterocycles. The Bertz CT molecular complexity index is 1370. The van der Waals surface area contributed by atoms with Gasteiger partial charge in [0.15, 0.2) is 5.82 Å². The molecule has 2 heterocycles. The van der Waals surface area contributed by atoms with E-state index in [4.69, 9.17) is 24.4 Å². The molecule has 0 fully saturated rings. The van der Waals surface area contributed by atoms with Crippen molar-refractivity contribution in [3.05, 3.63) is 83.4 Å². The second-order valence-electron chi connectivity index (χ2n) is 8.21. The average molecular weight is 497 g/mol. The lowest BCUT2D eigenvalue weighted by Crippen LogP contribution is -2.21. The predicted octanol–water partition coefficient (Wildman–Crippen LogP) is 4.93. The number of furan rings is 1. The van der Waals surface area contributed by atoms with Crippen molar-refractivity contribution in [1.29, 1.82) is 0 Å². The van der Waals surface area contributed by atoms with Crippen molar-refractivity contribution in [2.45, 2.75) is 32.6 Å². The van der Waals surface area contributed by atoms with E-state index >= 15 is 8.78 Å². The number of carbonyl (C=O) groups excluding carboxylic acids is 1. The molecular formula is C27H26F2N2O5. The van der Waals surface area contributed by atoms with Crippen molar-refractivity contribution in [2.24, 2.45) is 5.73 Å². The summed E-state index contributed by atoms with van der Waals surface area (Å²) >= 11 is 0. The van der Waals surface area contributed by atoms with Gasteiger partial charge in [-0.1, -0.05) is 18.2 Å². The van der Waals surface area contributed by atoms with Crippen LogP contribution >= 0.6 is 0 Å². The quantitative estimate of drug-likeness (QED) is 0.311. The Morgan fingerprint density at radius 2 is 1.92 bits per heavy atom. The molecule has 188 valence electrons. The van der Waals surface area contributed by atoms with Crippen molar-refractivity contribution in [2.75, 3.05) is 13.7 Å². The van der Waals surface area contributed by atoms with Crippen LogP contribution in [0.4, 0.5) is 8.78 Å². The van der Waals surface area contributed by atoms with Gasteiger partial charge >= 0.3 is 5.97 Å². The zero-order chi connectivity index (χ0) is 25.7. The molecule has 4 rings (SSSR count). The van der Waals surface area contributed by atoms with Gasteiger partial charge in [-0.05, 0) is 31.2 Å². The molecule has 1 atom stereocenters. The number of pyridine rings is 1. The number of para-hydroxylation sites is 1. The molecule has 0 aliphatic rings. The molecule has 36 heavy (non-hydrogen) atoms. The van der Waals surface area contributed by atoms with Crippen LogP contribution in [-0.4, -0.2) is 30.8 Å². The molecule has 0 spiro atoms. The minimum atomic E-state index is -0.595. The van der Waals surface area contributed by atoms with E-state index in [9.17, 15) is 4.79 Å². The van der Waals surface area contributed by atoms with E-state index in [2.05, 4.69) is 4.98 Å². The van der Waals surface area contributed by atoms with Gasteiger partial charge in [0, 0.05) is 42.1 Å². The largest absolute Gasteiger partial charge is 0.488 e.